The molecule has 2 heterocycles. The third-order valence-electron chi connectivity index (χ3n) is 4.51. The standard InChI is InChI=1S/C13H26N2.C2H6/c1-3-15-10-6-13(7-11-15)12-4-8-14(2)9-5-12;1-2/h12-13H,3-11H2,1-2H3;1-2H3. The summed E-state index contributed by atoms with van der Waals surface area (Å²) in [6.07, 6.45) is 5.82. The molecule has 0 bridgehead atoms. The molecule has 0 saturated carbocycles. The first-order valence-electron chi connectivity index (χ1n) is 7.70. The van der Waals surface area contributed by atoms with Gasteiger partial charge in [0.25, 0.3) is 0 Å². The highest BCUT2D eigenvalue weighted by molar-refractivity contribution is 4.81. The summed E-state index contributed by atoms with van der Waals surface area (Å²) in [6, 6.07) is 0. The number of rotatable bonds is 2. The maximum atomic E-state index is 2.60. The molecule has 0 radical (unpaired) electrons. The average Bonchev–Trinajstić information content (AvgIpc) is 2.42. The third-order valence-corrected chi connectivity index (χ3v) is 4.51. The molecule has 0 unspecified atom stereocenters. The van der Waals surface area contributed by atoms with Gasteiger partial charge in [-0.25, -0.2) is 0 Å². The van der Waals surface area contributed by atoms with Gasteiger partial charge in [-0.2, -0.15) is 0 Å². The molecule has 2 nitrogen and oxygen atoms in total. The zero-order valence-corrected chi connectivity index (χ0v) is 12.4. The van der Waals surface area contributed by atoms with E-state index < -0.39 is 0 Å². The van der Waals surface area contributed by atoms with E-state index in [2.05, 4.69) is 23.8 Å². The van der Waals surface area contributed by atoms with Crippen LogP contribution >= 0.6 is 0 Å². The molecule has 2 aliphatic rings. The van der Waals surface area contributed by atoms with Crippen LogP contribution in [0.1, 0.15) is 46.5 Å². The van der Waals surface area contributed by atoms with E-state index in [-0.39, 0.29) is 0 Å². The highest BCUT2D eigenvalue weighted by atomic mass is 15.1. The van der Waals surface area contributed by atoms with Crippen molar-refractivity contribution in [2.75, 3.05) is 39.8 Å². The molecule has 0 aliphatic carbocycles. The lowest BCUT2D eigenvalue weighted by Crippen LogP contribution is -2.39. The van der Waals surface area contributed by atoms with E-state index in [9.17, 15) is 0 Å². The van der Waals surface area contributed by atoms with Crippen LogP contribution in [0.15, 0.2) is 0 Å². The predicted octanol–water partition coefficient (Wildman–Crippen LogP) is 3.09. The van der Waals surface area contributed by atoms with Crippen molar-refractivity contribution in [3.8, 4) is 0 Å². The summed E-state index contributed by atoms with van der Waals surface area (Å²) in [5, 5.41) is 0. The summed E-state index contributed by atoms with van der Waals surface area (Å²) in [4.78, 5) is 5.09. The molecule has 0 aromatic rings. The van der Waals surface area contributed by atoms with E-state index in [1.165, 1.54) is 58.4 Å². The van der Waals surface area contributed by atoms with Gasteiger partial charge in [0, 0.05) is 0 Å². The third kappa shape index (κ3) is 4.59. The van der Waals surface area contributed by atoms with Gasteiger partial charge in [0.05, 0.1) is 0 Å². The fourth-order valence-corrected chi connectivity index (χ4v) is 3.24. The normalized spacial score (nSPS) is 25.4. The first kappa shape index (κ1) is 15.0. The molecule has 2 rings (SSSR count). The van der Waals surface area contributed by atoms with Gasteiger partial charge >= 0.3 is 0 Å². The van der Waals surface area contributed by atoms with Crippen molar-refractivity contribution in [2.24, 2.45) is 11.8 Å². The summed E-state index contributed by atoms with van der Waals surface area (Å²) in [6.45, 7) is 12.9. The Balaban J connectivity index is 0.000000686. The highest BCUT2D eigenvalue weighted by Crippen LogP contribution is 2.31. The smallest absolute Gasteiger partial charge is 0.00161 e. The largest absolute Gasteiger partial charge is 0.306 e. The van der Waals surface area contributed by atoms with Crippen molar-refractivity contribution in [3.05, 3.63) is 0 Å². The van der Waals surface area contributed by atoms with Crippen LogP contribution < -0.4 is 0 Å². The predicted molar refractivity (Wildman–Crippen MR) is 76.4 cm³/mol. The highest BCUT2D eigenvalue weighted by Gasteiger charge is 2.28. The van der Waals surface area contributed by atoms with Gasteiger partial charge in [0.2, 0.25) is 0 Å². The van der Waals surface area contributed by atoms with E-state index >= 15 is 0 Å². The molecule has 2 aliphatic heterocycles. The minimum atomic E-state index is 1.04. The van der Waals surface area contributed by atoms with Crippen LogP contribution in [-0.4, -0.2) is 49.6 Å². The van der Waals surface area contributed by atoms with E-state index in [0.717, 1.165) is 11.8 Å². The Kier molecular flexibility index (Phi) is 7.14. The Morgan fingerprint density at radius 1 is 0.824 bits per heavy atom. The van der Waals surface area contributed by atoms with E-state index in [4.69, 9.17) is 0 Å². The second-order valence-corrected chi connectivity index (χ2v) is 5.41. The monoisotopic (exact) mass is 240 g/mol. The molecule has 2 heteroatoms. The van der Waals surface area contributed by atoms with Gasteiger partial charge in [-0.05, 0) is 77.3 Å². The topological polar surface area (TPSA) is 6.48 Å². The lowest BCUT2D eigenvalue weighted by molar-refractivity contribution is 0.108. The van der Waals surface area contributed by atoms with Crippen molar-refractivity contribution in [1.29, 1.82) is 0 Å². The lowest BCUT2D eigenvalue weighted by atomic mass is 9.79. The van der Waals surface area contributed by atoms with Crippen LogP contribution in [0.25, 0.3) is 0 Å². The Morgan fingerprint density at radius 2 is 1.24 bits per heavy atom. The molecule has 17 heavy (non-hydrogen) atoms. The first-order valence-corrected chi connectivity index (χ1v) is 7.70. The number of nitrogens with zero attached hydrogens (tertiary/aromatic N) is 2. The fraction of sp³-hybridized carbons (Fsp3) is 1.00. The molecular formula is C15H32N2. The Hall–Kier alpha value is -0.0800. The molecule has 0 spiro atoms. The Morgan fingerprint density at radius 3 is 1.65 bits per heavy atom. The van der Waals surface area contributed by atoms with Gasteiger partial charge in [-0.3, -0.25) is 0 Å². The Labute approximate surface area is 108 Å². The van der Waals surface area contributed by atoms with E-state index in [0.29, 0.717) is 0 Å². The molecular weight excluding hydrogens is 208 g/mol. The molecule has 2 saturated heterocycles. The van der Waals surface area contributed by atoms with Crippen molar-refractivity contribution in [1.82, 2.24) is 9.80 Å². The van der Waals surface area contributed by atoms with Gasteiger partial charge < -0.3 is 9.80 Å². The molecule has 0 atom stereocenters. The van der Waals surface area contributed by atoms with Crippen molar-refractivity contribution in [2.45, 2.75) is 46.5 Å². The van der Waals surface area contributed by atoms with Gasteiger partial charge in [-0.15, -0.1) is 0 Å². The summed E-state index contributed by atoms with van der Waals surface area (Å²) in [7, 11) is 2.26. The Bertz CT molecular complexity index is 177. The number of likely N-dealkylation sites (tertiary alicyclic amines) is 2. The molecule has 2 fully saturated rings. The quantitative estimate of drug-likeness (QED) is 0.732. The van der Waals surface area contributed by atoms with Gasteiger partial charge in [-0.1, -0.05) is 20.8 Å². The second kappa shape index (κ2) is 8.10. The summed E-state index contributed by atoms with van der Waals surface area (Å²) >= 11 is 0. The first-order chi connectivity index (χ1) is 8.29. The molecule has 0 aromatic carbocycles. The van der Waals surface area contributed by atoms with Gasteiger partial charge in [0.15, 0.2) is 0 Å². The number of hydrogen-bond acceptors (Lipinski definition) is 2. The van der Waals surface area contributed by atoms with Crippen molar-refractivity contribution < 1.29 is 0 Å². The SMILES string of the molecule is CC.CCN1CCC(C2CCN(C)CC2)CC1. The lowest BCUT2D eigenvalue weighted by Gasteiger charge is -2.39. The van der Waals surface area contributed by atoms with Crippen LogP contribution in [0.4, 0.5) is 0 Å². The minimum absolute atomic E-state index is 1.04. The van der Waals surface area contributed by atoms with E-state index in [1.54, 1.807) is 0 Å². The molecule has 0 N–H and O–H groups in total. The maximum absolute atomic E-state index is 2.60. The van der Waals surface area contributed by atoms with Crippen molar-refractivity contribution >= 4 is 0 Å². The molecule has 0 aromatic heterocycles. The molecule has 102 valence electrons. The second-order valence-electron chi connectivity index (χ2n) is 5.41. The van der Waals surface area contributed by atoms with E-state index in [1.807, 2.05) is 13.8 Å². The van der Waals surface area contributed by atoms with Crippen LogP contribution in [0, 0.1) is 11.8 Å². The summed E-state index contributed by atoms with van der Waals surface area (Å²) in [5.41, 5.74) is 0. The number of piperidine rings is 2. The zero-order valence-electron chi connectivity index (χ0n) is 12.4. The van der Waals surface area contributed by atoms with Crippen LogP contribution in [0.2, 0.25) is 0 Å². The van der Waals surface area contributed by atoms with Crippen LogP contribution in [0.5, 0.6) is 0 Å². The minimum Gasteiger partial charge on any atom is -0.306 e. The van der Waals surface area contributed by atoms with Crippen LogP contribution in [-0.2, 0) is 0 Å². The fourth-order valence-electron chi connectivity index (χ4n) is 3.24. The molecule has 0 amide bonds. The average molecular weight is 240 g/mol. The van der Waals surface area contributed by atoms with Gasteiger partial charge in [0.1, 0.15) is 0 Å². The van der Waals surface area contributed by atoms with Crippen LogP contribution in [0.3, 0.4) is 0 Å². The summed E-state index contributed by atoms with van der Waals surface area (Å²) in [5.74, 6) is 2.08. The zero-order chi connectivity index (χ0) is 12.7. The number of hydrogen-bond donors (Lipinski definition) is 0. The maximum Gasteiger partial charge on any atom is -0.00161 e. The summed E-state index contributed by atoms with van der Waals surface area (Å²) < 4.78 is 0. The van der Waals surface area contributed by atoms with Crippen molar-refractivity contribution in [3.63, 3.8) is 0 Å².